The highest BCUT2D eigenvalue weighted by Crippen LogP contribution is 2.40. The van der Waals surface area contributed by atoms with E-state index in [1.165, 1.54) is 0 Å². The molecule has 2 aliphatic heterocycles. The van der Waals surface area contributed by atoms with Crippen molar-refractivity contribution < 1.29 is 49.6 Å². The van der Waals surface area contributed by atoms with E-state index in [9.17, 15) is 40.3 Å². The minimum atomic E-state index is -4.39. The van der Waals surface area contributed by atoms with Crippen molar-refractivity contribution in [2.45, 2.75) is 77.0 Å². The molecule has 0 bridgehead atoms. The molecule has 258 valence electrons. The molecule has 14 nitrogen and oxygen atoms in total. The third-order valence-corrected chi connectivity index (χ3v) is 9.65. The van der Waals surface area contributed by atoms with Crippen LogP contribution < -0.4 is 15.2 Å². The Morgan fingerprint density at radius 3 is 2.30 bits per heavy atom. The molecule has 1 saturated heterocycles. The first-order valence-electron chi connectivity index (χ1n) is 15.6. The molecular weight excluding hydrogens is 654 g/mol. The predicted molar refractivity (Wildman–Crippen MR) is 168 cm³/mol. The summed E-state index contributed by atoms with van der Waals surface area (Å²) in [4.78, 5) is 40.3. The lowest BCUT2D eigenvalue weighted by molar-refractivity contribution is -0.197. The monoisotopic (exact) mass is 694 g/mol. The molecule has 47 heavy (non-hydrogen) atoms. The Balaban J connectivity index is 1.49. The number of hydrogen-bond donors (Lipinski definition) is 1. The fourth-order valence-electron chi connectivity index (χ4n) is 5.71. The minimum Gasteiger partial charge on any atom is -0.748 e. The van der Waals surface area contributed by atoms with Gasteiger partial charge < -0.3 is 23.7 Å². The first-order valence-corrected chi connectivity index (χ1v) is 18.7. The summed E-state index contributed by atoms with van der Waals surface area (Å²) in [6.45, 7) is 5.26. The first-order chi connectivity index (χ1) is 22.0. The zero-order valence-electron chi connectivity index (χ0n) is 26.5. The number of benzene rings is 1. The van der Waals surface area contributed by atoms with E-state index < -0.39 is 49.5 Å². The third kappa shape index (κ3) is 10.7. The Morgan fingerprint density at radius 1 is 0.957 bits per heavy atom. The topological polar surface area (TPSA) is 206 Å². The number of allylic oxidation sites excluding steroid dienone is 1. The molecular formula is C31H40N3O11S2-. The third-order valence-electron chi connectivity index (χ3n) is 8.07. The van der Waals surface area contributed by atoms with Crippen LogP contribution >= 0.6 is 0 Å². The molecule has 1 fully saturated rings. The van der Waals surface area contributed by atoms with Gasteiger partial charge in [0.1, 0.15) is 24.6 Å². The fraction of sp³-hybridized carbons (Fsp3) is 0.548. The van der Waals surface area contributed by atoms with Crippen LogP contribution in [-0.4, -0.2) is 79.9 Å². The number of unbranched alkanes of at least 4 members (excludes halogenated alkanes) is 2. The van der Waals surface area contributed by atoms with E-state index in [0.717, 1.165) is 22.2 Å². The number of nitrogens with zero attached hydrogens (tertiary/aromatic N) is 2. The van der Waals surface area contributed by atoms with Crippen molar-refractivity contribution in [1.82, 2.24) is 15.0 Å². The summed E-state index contributed by atoms with van der Waals surface area (Å²) in [6, 6.07) is 7.73. The number of rotatable bonds is 16. The highest BCUT2D eigenvalue weighted by Gasteiger charge is 2.33. The number of carbonyl (C=O) groups is 3. The molecule has 4 rings (SSSR count). The molecule has 0 unspecified atom stereocenters. The van der Waals surface area contributed by atoms with Gasteiger partial charge in [-0.2, -0.15) is 0 Å². The molecule has 2 amide bonds. The quantitative estimate of drug-likeness (QED) is 0.116. The number of fused-ring (bicyclic) bond motifs is 2. The van der Waals surface area contributed by atoms with Crippen LogP contribution in [0.1, 0.15) is 83.0 Å². The van der Waals surface area contributed by atoms with Gasteiger partial charge in [0, 0.05) is 79.1 Å². The Morgan fingerprint density at radius 2 is 1.62 bits per heavy atom. The fourth-order valence-corrected chi connectivity index (χ4v) is 6.69. The summed E-state index contributed by atoms with van der Waals surface area (Å²) in [7, 11) is -8.68. The van der Waals surface area contributed by atoms with Crippen LogP contribution in [0.2, 0.25) is 0 Å². The number of nitrogens with one attached hydrogen (secondary N) is 1. The molecule has 0 spiro atoms. The smallest absolute Gasteiger partial charge is 0.333 e. The van der Waals surface area contributed by atoms with Gasteiger partial charge in [0.2, 0.25) is 5.36 Å². The van der Waals surface area contributed by atoms with Gasteiger partial charge in [-0.15, -0.1) is 5.06 Å². The van der Waals surface area contributed by atoms with Gasteiger partial charge in [-0.25, -0.2) is 26.2 Å². The first kappa shape index (κ1) is 36.2. The second kappa shape index (κ2) is 15.1. The number of imide groups is 1. The predicted octanol–water partition coefficient (Wildman–Crippen LogP) is 1.81. The van der Waals surface area contributed by atoms with E-state index in [2.05, 4.69) is 25.2 Å². The second-order valence-corrected chi connectivity index (χ2v) is 15.5. The van der Waals surface area contributed by atoms with Crippen molar-refractivity contribution in [2.75, 3.05) is 31.1 Å². The van der Waals surface area contributed by atoms with Crippen molar-refractivity contribution >= 4 is 44.1 Å². The Bertz CT molecular complexity index is 1780. The van der Waals surface area contributed by atoms with Crippen LogP contribution in [0.25, 0.3) is 17.4 Å². The van der Waals surface area contributed by atoms with E-state index in [1.54, 1.807) is 0 Å². The highest BCUT2D eigenvalue weighted by molar-refractivity contribution is 7.85. The molecule has 0 atom stereocenters. The lowest BCUT2D eigenvalue weighted by Crippen LogP contribution is -2.33. The standard InChI is InChI=1S/C31H41N3O11S2/c1-31(2)21-23(32-13-6-16-46(38,39)40)19-27-25(31)18-22-9-10-24(20-26(22)44-27)33(15-7-17-47(41,42)43)14-5-3-4-8-30(37)45-34-28(35)11-12-29(34)36/h9-10,18-20H,3-8,11-17,21H2,1-2H3,(H2,38,39,40,41,42,43)/p-1. The van der Waals surface area contributed by atoms with Crippen LogP contribution in [0.3, 0.4) is 0 Å². The summed E-state index contributed by atoms with van der Waals surface area (Å²) in [6.07, 6.45) is 4.57. The van der Waals surface area contributed by atoms with Crippen LogP contribution in [0, 0.1) is 0 Å². The van der Waals surface area contributed by atoms with Gasteiger partial charge in [0.15, 0.2) is 0 Å². The maximum Gasteiger partial charge on any atom is 0.333 e. The Hall–Kier alpha value is -3.60. The summed E-state index contributed by atoms with van der Waals surface area (Å²) in [5.41, 5.74) is 2.42. The lowest BCUT2D eigenvalue weighted by atomic mass is 9.76. The van der Waals surface area contributed by atoms with E-state index >= 15 is 0 Å². The van der Waals surface area contributed by atoms with Gasteiger partial charge in [0.05, 0.1) is 26.3 Å². The van der Waals surface area contributed by atoms with Crippen LogP contribution in [0.4, 0.5) is 0 Å². The molecule has 0 aromatic rings. The van der Waals surface area contributed by atoms with Gasteiger partial charge in [-0.05, 0) is 43.2 Å². The van der Waals surface area contributed by atoms with Crippen molar-refractivity contribution in [3.63, 3.8) is 0 Å². The molecule has 0 saturated carbocycles. The van der Waals surface area contributed by atoms with E-state index in [-0.39, 0.29) is 37.5 Å². The maximum absolute atomic E-state index is 12.1. The number of hydroxylamine groups is 2. The highest BCUT2D eigenvalue weighted by atomic mass is 32.2. The lowest BCUT2D eigenvalue weighted by Gasteiger charge is -2.32. The van der Waals surface area contributed by atoms with E-state index in [4.69, 9.17) is 9.25 Å². The Labute approximate surface area is 274 Å². The molecule has 1 N–H and O–H groups in total. The van der Waals surface area contributed by atoms with Gasteiger partial charge in [-0.3, -0.25) is 9.59 Å². The molecule has 0 aromatic carbocycles. The van der Waals surface area contributed by atoms with Crippen LogP contribution in [0.15, 0.2) is 34.4 Å². The zero-order valence-corrected chi connectivity index (χ0v) is 28.1. The average Bonchev–Trinajstić information content (AvgIpc) is 3.28. The summed E-state index contributed by atoms with van der Waals surface area (Å²) >= 11 is 0. The number of hydrogen-bond acceptors (Lipinski definition) is 12. The van der Waals surface area contributed by atoms with Crippen LogP contribution in [-0.2, 0) is 44.9 Å². The van der Waals surface area contributed by atoms with Gasteiger partial charge in [-0.1, -0.05) is 13.8 Å². The van der Waals surface area contributed by atoms with Crippen LogP contribution in [0.5, 0.6) is 0 Å². The van der Waals surface area contributed by atoms with E-state index in [1.807, 2.05) is 28.9 Å². The van der Waals surface area contributed by atoms with Crippen molar-refractivity contribution in [1.29, 1.82) is 0 Å². The van der Waals surface area contributed by atoms with Crippen molar-refractivity contribution in [3.8, 4) is 11.3 Å². The normalized spacial score (nSPS) is 17.0. The van der Waals surface area contributed by atoms with Gasteiger partial charge in [0.25, 0.3) is 11.8 Å². The SMILES string of the molecule is CC1(C)CC(NCCCS(=O)(=O)[O-])=Cc2oc3cc(=[N+](CCCCCC(=O)ON4C(=O)CCC4=O)CCCS(=O)(=O)[O-])ccc-3cc21. The molecule has 2 aliphatic carbocycles. The largest absolute Gasteiger partial charge is 0.748 e. The molecule has 2 heterocycles. The molecule has 4 aliphatic rings. The zero-order chi connectivity index (χ0) is 34.4. The van der Waals surface area contributed by atoms with Crippen molar-refractivity contribution in [2.24, 2.45) is 0 Å². The van der Waals surface area contributed by atoms with Crippen molar-refractivity contribution in [3.05, 3.63) is 46.6 Å². The second-order valence-electron chi connectivity index (χ2n) is 12.5. The molecule has 16 heteroatoms. The number of amides is 2. The minimum absolute atomic E-state index is 0.0178. The van der Waals surface area contributed by atoms with E-state index in [0.29, 0.717) is 61.9 Å². The average molecular weight is 695 g/mol. The maximum atomic E-state index is 12.1. The summed E-state index contributed by atoms with van der Waals surface area (Å²) < 4.78 is 74.9. The molecule has 0 radical (unpaired) electrons. The summed E-state index contributed by atoms with van der Waals surface area (Å²) in [5.74, 6) is -1.48. The summed E-state index contributed by atoms with van der Waals surface area (Å²) in [5, 5.41) is 4.50. The Kier molecular flexibility index (Phi) is 11.6. The molecule has 0 aromatic heterocycles. The number of carbonyl (C=O) groups excluding carboxylic acids is 3. The van der Waals surface area contributed by atoms with Gasteiger partial charge >= 0.3 is 5.97 Å².